The third-order valence-electron chi connectivity index (χ3n) is 3.71. The summed E-state index contributed by atoms with van der Waals surface area (Å²) in [5.74, 6) is -1.56. The quantitative estimate of drug-likeness (QED) is 0.812. The van der Waals surface area contributed by atoms with Crippen molar-refractivity contribution in [3.05, 3.63) is 52.2 Å². The zero-order valence-corrected chi connectivity index (χ0v) is 14.8. The van der Waals surface area contributed by atoms with Gasteiger partial charge in [-0.3, -0.25) is 9.59 Å². The van der Waals surface area contributed by atoms with Crippen LogP contribution in [0.1, 0.15) is 22.2 Å². The first-order valence-corrected chi connectivity index (χ1v) is 9.77. The fourth-order valence-electron chi connectivity index (χ4n) is 2.08. The molecule has 128 valence electrons. The van der Waals surface area contributed by atoms with Gasteiger partial charge in [-0.15, -0.1) is 11.3 Å². The van der Waals surface area contributed by atoms with Crippen LogP contribution in [0.4, 0.5) is 0 Å². The molecule has 0 saturated heterocycles. The van der Waals surface area contributed by atoms with E-state index < -0.39 is 27.1 Å². The van der Waals surface area contributed by atoms with Crippen LogP contribution in [0.3, 0.4) is 0 Å². The van der Waals surface area contributed by atoms with Crippen LogP contribution in [0.15, 0.2) is 46.7 Å². The van der Waals surface area contributed by atoms with Crippen molar-refractivity contribution in [1.29, 1.82) is 0 Å². The minimum atomic E-state index is -3.38. The smallest absolute Gasteiger partial charge is 0.315 e. The Bertz CT molecular complexity index is 858. The van der Waals surface area contributed by atoms with Gasteiger partial charge in [0.15, 0.2) is 9.84 Å². The number of carboxylic acid groups (broad SMARTS) is 1. The van der Waals surface area contributed by atoms with Crippen LogP contribution in [0.5, 0.6) is 0 Å². The maximum absolute atomic E-state index is 12.2. The van der Waals surface area contributed by atoms with Gasteiger partial charge in [0, 0.05) is 18.2 Å². The van der Waals surface area contributed by atoms with Crippen molar-refractivity contribution in [3.8, 4) is 0 Å². The van der Waals surface area contributed by atoms with Crippen molar-refractivity contribution < 1.29 is 23.1 Å². The van der Waals surface area contributed by atoms with Crippen LogP contribution in [-0.4, -0.2) is 38.2 Å². The molecule has 0 radical (unpaired) electrons. The number of nitrogens with one attached hydrogen (secondary N) is 1. The number of aliphatic carboxylic acids is 1. The molecule has 0 bridgehead atoms. The third kappa shape index (κ3) is 3.82. The predicted octanol–water partition coefficient (Wildman–Crippen LogP) is 1.92. The Hall–Kier alpha value is -2.19. The standard InChI is InChI=1S/C16H17NO5S2/c1-16(15(19)20,11-6-4-3-5-7-11)10-17-14(18)13-8-12(9-23-13)24(2,21)22/h3-9H,10H2,1-2H3,(H,17,18)(H,19,20). The van der Waals surface area contributed by atoms with Crippen molar-refractivity contribution >= 4 is 33.1 Å². The molecule has 1 heterocycles. The van der Waals surface area contributed by atoms with E-state index in [2.05, 4.69) is 5.32 Å². The monoisotopic (exact) mass is 367 g/mol. The van der Waals surface area contributed by atoms with E-state index in [9.17, 15) is 23.1 Å². The molecule has 24 heavy (non-hydrogen) atoms. The summed E-state index contributed by atoms with van der Waals surface area (Å²) in [4.78, 5) is 24.2. The zero-order chi connectivity index (χ0) is 18.0. The minimum Gasteiger partial charge on any atom is -0.481 e. The van der Waals surface area contributed by atoms with Gasteiger partial charge in [-0.2, -0.15) is 0 Å². The molecule has 0 aliphatic rings. The number of hydrogen-bond acceptors (Lipinski definition) is 5. The van der Waals surface area contributed by atoms with Gasteiger partial charge in [0.2, 0.25) is 0 Å². The number of sulfone groups is 1. The fraction of sp³-hybridized carbons (Fsp3) is 0.250. The van der Waals surface area contributed by atoms with Crippen molar-refractivity contribution in [2.75, 3.05) is 12.8 Å². The van der Waals surface area contributed by atoms with Crippen molar-refractivity contribution in [3.63, 3.8) is 0 Å². The van der Waals surface area contributed by atoms with Crippen LogP contribution in [-0.2, 0) is 20.0 Å². The average molecular weight is 367 g/mol. The van der Waals surface area contributed by atoms with Crippen LogP contribution < -0.4 is 5.32 Å². The highest BCUT2D eigenvalue weighted by molar-refractivity contribution is 7.90. The number of carbonyl (C=O) groups excluding carboxylic acids is 1. The zero-order valence-electron chi connectivity index (χ0n) is 13.1. The first kappa shape index (κ1) is 18.2. The molecule has 1 aromatic heterocycles. The minimum absolute atomic E-state index is 0.0710. The number of hydrogen-bond donors (Lipinski definition) is 2. The average Bonchev–Trinajstić information content (AvgIpc) is 3.03. The maximum atomic E-state index is 12.2. The summed E-state index contributed by atoms with van der Waals surface area (Å²) in [6.07, 6.45) is 1.06. The number of rotatable bonds is 6. The van der Waals surface area contributed by atoms with E-state index in [1.54, 1.807) is 30.3 Å². The summed E-state index contributed by atoms with van der Waals surface area (Å²) < 4.78 is 22.9. The number of carboxylic acids is 1. The van der Waals surface area contributed by atoms with Gasteiger partial charge in [0.25, 0.3) is 5.91 Å². The van der Waals surface area contributed by atoms with E-state index in [1.165, 1.54) is 18.4 Å². The Kier molecular flexibility index (Phi) is 5.10. The lowest BCUT2D eigenvalue weighted by atomic mass is 9.82. The summed E-state index contributed by atoms with van der Waals surface area (Å²) in [6.45, 7) is 1.42. The molecule has 0 fully saturated rings. The van der Waals surface area contributed by atoms with Crippen LogP contribution in [0.25, 0.3) is 0 Å². The molecule has 0 aliphatic carbocycles. The first-order valence-electron chi connectivity index (χ1n) is 7.00. The molecule has 8 heteroatoms. The molecule has 0 saturated carbocycles. The molecule has 1 aromatic carbocycles. The third-order valence-corrected chi connectivity index (χ3v) is 5.88. The van der Waals surface area contributed by atoms with E-state index in [4.69, 9.17) is 0 Å². The highest BCUT2D eigenvalue weighted by Gasteiger charge is 2.35. The highest BCUT2D eigenvalue weighted by atomic mass is 32.2. The molecule has 1 atom stereocenters. The lowest BCUT2D eigenvalue weighted by molar-refractivity contribution is -0.142. The van der Waals surface area contributed by atoms with Gasteiger partial charge in [0.05, 0.1) is 9.77 Å². The number of benzene rings is 1. The lowest BCUT2D eigenvalue weighted by Gasteiger charge is -2.25. The topological polar surface area (TPSA) is 101 Å². The summed E-state index contributed by atoms with van der Waals surface area (Å²) in [6, 6.07) is 9.91. The maximum Gasteiger partial charge on any atom is 0.315 e. The number of thiophene rings is 1. The molecule has 2 rings (SSSR count). The predicted molar refractivity (Wildman–Crippen MR) is 91.2 cm³/mol. The Morgan fingerprint density at radius 3 is 2.38 bits per heavy atom. The molecular formula is C16H17NO5S2. The second-order valence-electron chi connectivity index (χ2n) is 5.60. The molecule has 0 aliphatic heterocycles. The molecule has 6 nitrogen and oxygen atoms in total. The number of amides is 1. The van der Waals surface area contributed by atoms with E-state index in [0.717, 1.165) is 17.6 Å². The van der Waals surface area contributed by atoms with Crippen molar-refractivity contribution in [2.45, 2.75) is 17.2 Å². The Balaban J connectivity index is 2.17. The van der Waals surface area contributed by atoms with Crippen LogP contribution in [0.2, 0.25) is 0 Å². The molecule has 2 N–H and O–H groups in total. The molecule has 1 amide bonds. The Labute approximate surface area is 144 Å². The van der Waals surface area contributed by atoms with Gasteiger partial charge in [0.1, 0.15) is 5.41 Å². The highest BCUT2D eigenvalue weighted by Crippen LogP contribution is 2.24. The molecule has 1 unspecified atom stereocenters. The van der Waals surface area contributed by atoms with Crippen LogP contribution >= 0.6 is 11.3 Å². The molecule has 0 spiro atoms. The summed E-state index contributed by atoms with van der Waals surface area (Å²) in [7, 11) is -3.38. The normalized spacial score (nSPS) is 13.9. The second-order valence-corrected chi connectivity index (χ2v) is 8.53. The molecular weight excluding hydrogens is 350 g/mol. The van der Waals surface area contributed by atoms with E-state index in [0.29, 0.717) is 5.56 Å². The molecule has 2 aromatic rings. The van der Waals surface area contributed by atoms with Crippen molar-refractivity contribution in [2.24, 2.45) is 0 Å². The SMILES string of the molecule is CC(CNC(=O)c1cc(S(C)(=O)=O)cs1)(C(=O)O)c1ccccc1. The summed E-state index contributed by atoms with van der Waals surface area (Å²) >= 11 is 1.00. The number of carbonyl (C=O) groups is 2. The van der Waals surface area contributed by atoms with Gasteiger partial charge < -0.3 is 10.4 Å². The summed E-state index contributed by atoms with van der Waals surface area (Å²) in [5.41, 5.74) is -0.714. The lowest BCUT2D eigenvalue weighted by Crippen LogP contribution is -2.44. The Morgan fingerprint density at radius 1 is 1.25 bits per heavy atom. The van der Waals surface area contributed by atoms with Crippen molar-refractivity contribution in [1.82, 2.24) is 5.32 Å². The first-order chi connectivity index (χ1) is 11.1. The Morgan fingerprint density at radius 2 is 1.88 bits per heavy atom. The van der Waals surface area contributed by atoms with E-state index >= 15 is 0 Å². The second kappa shape index (κ2) is 6.74. The van der Waals surface area contributed by atoms with Crippen LogP contribution in [0, 0.1) is 0 Å². The van der Waals surface area contributed by atoms with Gasteiger partial charge in [-0.25, -0.2) is 8.42 Å². The largest absolute Gasteiger partial charge is 0.481 e. The van der Waals surface area contributed by atoms with E-state index in [-0.39, 0.29) is 16.3 Å². The van der Waals surface area contributed by atoms with Gasteiger partial charge in [-0.1, -0.05) is 30.3 Å². The van der Waals surface area contributed by atoms with Gasteiger partial charge >= 0.3 is 5.97 Å². The summed E-state index contributed by atoms with van der Waals surface area (Å²) in [5, 5.41) is 13.5. The fourth-order valence-corrected chi connectivity index (χ4v) is 4.02. The van der Waals surface area contributed by atoms with E-state index in [1.807, 2.05) is 0 Å². The van der Waals surface area contributed by atoms with Gasteiger partial charge in [-0.05, 0) is 18.6 Å².